The van der Waals surface area contributed by atoms with Crippen LogP contribution in [0.4, 0.5) is 5.69 Å². The SMILES string of the molecule is C=CC(=O)N(C)c1ccc(C(=O)NCC(O)CN2CCCC2=O)cc1. The molecule has 1 aliphatic heterocycles. The highest BCUT2D eigenvalue weighted by Gasteiger charge is 2.22. The molecule has 0 saturated carbocycles. The minimum atomic E-state index is -0.804. The maximum Gasteiger partial charge on any atom is 0.251 e. The van der Waals surface area contributed by atoms with E-state index in [2.05, 4.69) is 11.9 Å². The highest BCUT2D eigenvalue weighted by molar-refractivity contribution is 6.01. The Morgan fingerprint density at radius 3 is 2.64 bits per heavy atom. The number of β-amino-alcohol motifs (C(OH)–C–C–N with tert-alkyl or cyclic N) is 1. The van der Waals surface area contributed by atoms with E-state index in [-0.39, 0.29) is 30.8 Å². The van der Waals surface area contributed by atoms with Gasteiger partial charge in [0.15, 0.2) is 0 Å². The summed E-state index contributed by atoms with van der Waals surface area (Å²) in [4.78, 5) is 38.2. The van der Waals surface area contributed by atoms with Gasteiger partial charge in [0.05, 0.1) is 6.10 Å². The van der Waals surface area contributed by atoms with E-state index >= 15 is 0 Å². The van der Waals surface area contributed by atoms with Gasteiger partial charge in [-0.1, -0.05) is 6.58 Å². The lowest BCUT2D eigenvalue weighted by molar-refractivity contribution is -0.128. The summed E-state index contributed by atoms with van der Waals surface area (Å²) >= 11 is 0. The zero-order chi connectivity index (χ0) is 18.4. The number of likely N-dealkylation sites (tertiary alicyclic amines) is 1. The number of rotatable bonds is 7. The van der Waals surface area contributed by atoms with Crippen molar-refractivity contribution >= 4 is 23.4 Å². The normalized spacial score (nSPS) is 15.0. The van der Waals surface area contributed by atoms with Crippen LogP contribution in [0.3, 0.4) is 0 Å². The third kappa shape index (κ3) is 4.90. The van der Waals surface area contributed by atoms with E-state index in [1.54, 1.807) is 36.2 Å². The molecule has 25 heavy (non-hydrogen) atoms. The van der Waals surface area contributed by atoms with Crippen LogP contribution in [0.15, 0.2) is 36.9 Å². The summed E-state index contributed by atoms with van der Waals surface area (Å²) in [7, 11) is 1.62. The average molecular weight is 345 g/mol. The summed E-state index contributed by atoms with van der Waals surface area (Å²) in [6.07, 6.45) is 1.75. The lowest BCUT2D eigenvalue weighted by Crippen LogP contribution is -2.40. The van der Waals surface area contributed by atoms with Gasteiger partial charge < -0.3 is 20.2 Å². The van der Waals surface area contributed by atoms with Gasteiger partial charge >= 0.3 is 0 Å². The molecule has 1 saturated heterocycles. The monoisotopic (exact) mass is 345 g/mol. The van der Waals surface area contributed by atoms with Gasteiger partial charge in [-0.25, -0.2) is 0 Å². The Morgan fingerprint density at radius 2 is 2.08 bits per heavy atom. The van der Waals surface area contributed by atoms with Crippen LogP contribution in [0.1, 0.15) is 23.2 Å². The Hall–Kier alpha value is -2.67. The van der Waals surface area contributed by atoms with E-state index in [1.165, 1.54) is 11.0 Å². The van der Waals surface area contributed by atoms with Gasteiger partial charge in [0, 0.05) is 44.4 Å². The topological polar surface area (TPSA) is 89.9 Å². The van der Waals surface area contributed by atoms with Crippen LogP contribution in [0, 0.1) is 0 Å². The van der Waals surface area contributed by atoms with Gasteiger partial charge in [-0.15, -0.1) is 0 Å². The Morgan fingerprint density at radius 1 is 1.40 bits per heavy atom. The largest absolute Gasteiger partial charge is 0.389 e. The molecule has 7 nitrogen and oxygen atoms in total. The molecule has 7 heteroatoms. The minimum absolute atomic E-state index is 0.0409. The quantitative estimate of drug-likeness (QED) is 0.706. The molecule has 1 aliphatic rings. The fourth-order valence-electron chi connectivity index (χ4n) is 2.63. The predicted molar refractivity (Wildman–Crippen MR) is 94.2 cm³/mol. The van der Waals surface area contributed by atoms with E-state index in [0.717, 1.165) is 6.42 Å². The Balaban J connectivity index is 1.85. The first-order valence-electron chi connectivity index (χ1n) is 8.16. The molecule has 0 aliphatic carbocycles. The first-order valence-corrected chi connectivity index (χ1v) is 8.16. The molecular weight excluding hydrogens is 322 g/mol. The number of amides is 3. The van der Waals surface area contributed by atoms with Crippen LogP contribution in [-0.4, -0.2) is 60.5 Å². The second-order valence-electron chi connectivity index (χ2n) is 5.96. The third-order valence-corrected chi connectivity index (χ3v) is 4.12. The molecule has 1 aromatic rings. The molecule has 1 aromatic carbocycles. The molecule has 3 amide bonds. The lowest BCUT2D eigenvalue weighted by Gasteiger charge is -2.20. The number of anilines is 1. The second kappa shape index (κ2) is 8.43. The zero-order valence-corrected chi connectivity index (χ0v) is 14.3. The fourth-order valence-corrected chi connectivity index (χ4v) is 2.63. The molecule has 0 aromatic heterocycles. The van der Waals surface area contributed by atoms with Crippen molar-refractivity contribution in [1.29, 1.82) is 0 Å². The first-order chi connectivity index (χ1) is 11.9. The number of likely N-dealkylation sites (N-methyl/N-ethyl adjacent to an activating group) is 1. The zero-order valence-electron chi connectivity index (χ0n) is 14.3. The summed E-state index contributed by atoms with van der Waals surface area (Å²) in [5.74, 6) is -0.521. The van der Waals surface area contributed by atoms with E-state index < -0.39 is 6.10 Å². The number of aliphatic hydroxyl groups excluding tert-OH is 1. The van der Waals surface area contributed by atoms with Crippen LogP contribution in [0.2, 0.25) is 0 Å². The lowest BCUT2D eigenvalue weighted by atomic mass is 10.1. The van der Waals surface area contributed by atoms with Gasteiger partial charge in [0.1, 0.15) is 0 Å². The Labute approximate surface area is 146 Å². The molecule has 134 valence electrons. The number of hydrogen-bond donors (Lipinski definition) is 2. The highest BCUT2D eigenvalue weighted by Crippen LogP contribution is 2.14. The summed E-state index contributed by atoms with van der Waals surface area (Å²) in [5, 5.41) is 12.6. The van der Waals surface area contributed by atoms with Crippen molar-refractivity contribution in [2.75, 3.05) is 31.6 Å². The molecule has 0 bridgehead atoms. The van der Waals surface area contributed by atoms with E-state index in [4.69, 9.17) is 0 Å². The standard InChI is InChI=1S/C18H23N3O4/c1-3-16(23)20(2)14-8-6-13(7-9-14)18(25)19-11-15(22)12-21-10-4-5-17(21)24/h3,6-9,15,22H,1,4-5,10-12H2,2H3,(H,19,25). The predicted octanol–water partition coefficient (Wildman–Crippen LogP) is 0.548. The molecule has 1 unspecified atom stereocenters. The van der Waals surface area contributed by atoms with Crippen molar-refractivity contribution < 1.29 is 19.5 Å². The number of nitrogens with zero attached hydrogens (tertiary/aromatic N) is 2. The highest BCUT2D eigenvalue weighted by atomic mass is 16.3. The average Bonchev–Trinajstić information content (AvgIpc) is 3.03. The van der Waals surface area contributed by atoms with Crippen molar-refractivity contribution in [2.45, 2.75) is 18.9 Å². The van der Waals surface area contributed by atoms with Crippen molar-refractivity contribution in [3.63, 3.8) is 0 Å². The molecule has 2 rings (SSSR count). The maximum absolute atomic E-state index is 12.1. The van der Waals surface area contributed by atoms with Crippen molar-refractivity contribution in [2.24, 2.45) is 0 Å². The maximum atomic E-state index is 12.1. The van der Waals surface area contributed by atoms with E-state index in [0.29, 0.717) is 24.2 Å². The smallest absolute Gasteiger partial charge is 0.251 e. The number of benzene rings is 1. The van der Waals surface area contributed by atoms with Crippen molar-refractivity contribution in [3.8, 4) is 0 Å². The molecule has 0 radical (unpaired) electrons. The summed E-state index contributed by atoms with van der Waals surface area (Å²) < 4.78 is 0. The van der Waals surface area contributed by atoms with Gasteiger partial charge in [-0.2, -0.15) is 0 Å². The third-order valence-electron chi connectivity index (χ3n) is 4.12. The Kier molecular flexibility index (Phi) is 6.30. The van der Waals surface area contributed by atoms with Crippen LogP contribution >= 0.6 is 0 Å². The molecular formula is C18H23N3O4. The minimum Gasteiger partial charge on any atom is -0.389 e. The number of nitrogens with one attached hydrogen (secondary N) is 1. The molecule has 1 fully saturated rings. The van der Waals surface area contributed by atoms with Gasteiger partial charge in [-0.05, 0) is 36.8 Å². The second-order valence-corrected chi connectivity index (χ2v) is 5.96. The van der Waals surface area contributed by atoms with Crippen molar-refractivity contribution in [1.82, 2.24) is 10.2 Å². The molecule has 0 spiro atoms. The molecule has 1 heterocycles. The molecule has 1 atom stereocenters. The summed E-state index contributed by atoms with van der Waals surface area (Å²) in [6, 6.07) is 6.53. The summed E-state index contributed by atoms with van der Waals surface area (Å²) in [6.45, 7) is 4.38. The van der Waals surface area contributed by atoms with E-state index in [9.17, 15) is 19.5 Å². The van der Waals surface area contributed by atoms with Crippen LogP contribution in [-0.2, 0) is 9.59 Å². The van der Waals surface area contributed by atoms with Crippen molar-refractivity contribution in [3.05, 3.63) is 42.5 Å². The fraction of sp³-hybridized carbons (Fsp3) is 0.389. The molecule has 2 N–H and O–H groups in total. The number of hydrogen-bond acceptors (Lipinski definition) is 4. The van der Waals surface area contributed by atoms with E-state index in [1.807, 2.05) is 0 Å². The van der Waals surface area contributed by atoms with Crippen LogP contribution in [0.5, 0.6) is 0 Å². The summed E-state index contributed by atoms with van der Waals surface area (Å²) in [5.41, 5.74) is 1.07. The van der Waals surface area contributed by atoms with Crippen LogP contribution < -0.4 is 10.2 Å². The number of carbonyl (C=O) groups is 3. The first kappa shape index (κ1) is 18.7. The Bertz CT molecular complexity index is 657. The van der Waals surface area contributed by atoms with Gasteiger partial charge in [0.25, 0.3) is 5.91 Å². The van der Waals surface area contributed by atoms with Gasteiger partial charge in [-0.3, -0.25) is 14.4 Å². The number of aliphatic hydroxyl groups is 1. The van der Waals surface area contributed by atoms with Gasteiger partial charge in [0.2, 0.25) is 11.8 Å². The number of carbonyl (C=O) groups excluding carboxylic acids is 3. The van der Waals surface area contributed by atoms with Crippen LogP contribution in [0.25, 0.3) is 0 Å².